The molecule has 0 radical (unpaired) electrons. The van der Waals surface area contributed by atoms with Crippen molar-refractivity contribution in [2.75, 3.05) is 6.61 Å². The van der Waals surface area contributed by atoms with Crippen molar-refractivity contribution in [2.24, 2.45) is 0 Å². The van der Waals surface area contributed by atoms with E-state index in [-0.39, 0.29) is 22.3 Å². The van der Waals surface area contributed by atoms with Gasteiger partial charge in [-0.1, -0.05) is 23.7 Å². The molecule has 0 aliphatic rings. The lowest BCUT2D eigenvalue weighted by molar-refractivity contribution is -0.385. The molecule has 0 saturated heterocycles. The Morgan fingerprint density at radius 3 is 2.50 bits per heavy atom. The first kappa shape index (κ1) is 22.7. The Hall–Kier alpha value is -3.96. The summed E-state index contributed by atoms with van der Waals surface area (Å²) >= 11 is 10.8. The van der Waals surface area contributed by atoms with Crippen molar-refractivity contribution in [2.45, 2.75) is 0 Å². The number of nitro groups is 1. The van der Waals surface area contributed by atoms with E-state index in [1.165, 1.54) is 30.3 Å². The zero-order valence-corrected chi connectivity index (χ0v) is 17.7. The Labute approximate surface area is 191 Å². The lowest BCUT2D eigenvalue weighted by Crippen LogP contribution is -2.49. The summed E-state index contributed by atoms with van der Waals surface area (Å²) in [5.41, 5.74) is 5.01. The molecule has 10 nitrogen and oxygen atoms in total. The van der Waals surface area contributed by atoms with Gasteiger partial charge in [0.1, 0.15) is 5.76 Å². The number of nitro benzene ring substituents is 1. The normalized spacial score (nSPS) is 10.2. The number of benzene rings is 2. The van der Waals surface area contributed by atoms with Gasteiger partial charge in [0.2, 0.25) is 0 Å². The van der Waals surface area contributed by atoms with Gasteiger partial charge in [0.15, 0.2) is 23.2 Å². The van der Waals surface area contributed by atoms with E-state index in [4.69, 9.17) is 33.0 Å². The minimum absolute atomic E-state index is 0.00477. The van der Waals surface area contributed by atoms with Crippen LogP contribution < -0.4 is 20.9 Å². The first-order chi connectivity index (χ1) is 15.3. The third-order valence-corrected chi connectivity index (χ3v) is 4.38. The van der Waals surface area contributed by atoms with Crippen LogP contribution in [0.2, 0.25) is 5.02 Å². The third kappa shape index (κ3) is 6.03. The highest BCUT2D eigenvalue weighted by atomic mass is 35.5. The fourth-order valence-electron chi connectivity index (χ4n) is 2.46. The first-order valence-electron chi connectivity index (χ1n) is 8.95. The molecule has 2 aromatic carbocycles. The van der Waals surface area contributed by atoms with E-state index in [1.54, 1.807) is 30.3 Å². The Morgan fingerprint density at radius 1 is 1.06 bits per heavy atom. The number of carbonyl (C=O) groups excluding carboxylic acids is 2. The SMILES string of the molecule is O=C(COc1ccccc1[N+](=O)[O-])NNC(=S)NC(=O)c1ccc(-c2ccc(Cl)cc2)o1. The zero-order chi connectivity index (χ0) is 23.1. The minimum atomic E-state index is -0.678. The van der Waals surface area contributed by atoms with Gasteiger partial charge in [-0.05, 0) is 54.7 Å². The van der Waals surface area contributed by atoms with Crippen LogP contribution >= 0.6 is 23.8 Å². The summed E-state index contributed by atoms with van der Waals surface area (Å²) in [6.45, 7) is -0.517. The minimum Gasteiger partial charge on any atom is -0.477 e. The number of nitrogens with one attached hydrogen (secondary N) is 3. The molecule has 32 heavy (non-hydrogen) atoms. The predicted molar refractivity (Wildman–Crippen MR) is 119 cm³/mol. The van der Waals surface area contributed by atoms with E-state index in [9.17, 15) is 19.7 Å². The van der Waals surface area contributed by atoms with Crippen LogP contribution in [0.5, 0.6) is 5.75 Å². The fraction of sp³-hybridized carbons (Fsp3) is 0.0500. The number of hydrogen-bond donors (Lipinski definition) is 3. The molecule has 0 fully saturated rings. The summed E-state index contributed by atoms with van der Waals surface area (Å²) in [6, 6.07) is 15.6. The number of ether oxygens (including phenoxy) is 1. The second-order valence-corrected chi connectivity index (χ2v) is 6.99. The molecule has 1 heterocycles. The molecule has 1 aromatic heterocycles. The highest BCUT2D eigenvalue weighted by Gasteiger charge is 2.16. The molecular formula is C20H15ClN4O6S. The molecule has 0 saturated carbocycles. The fourth-order valence-corrected chi connectivity index (χ4v) is 2.73. The summed E-state index contributed by atoms with van der Waals surface area (Å²) in [5.74, 6) is -0.898. The number of furan rings is 1. The van der Waals surface area contributed by atoms with Crippen LogP contribution in [-0.4, -0.2) is 28.5 Å². The molecule has 12 heteroatoms. The highest BCUT2D eigenvalue weighted by Crippen LogP contribution is 2.25. The molecule has 0 bridgehead atoms. The van der Waals surface area contributed by atoms with Crippen LogP contribution in [0.25, 0.3) is 11.3 Å². The van der Waals surface area contributed by atoms with Gasteiger partial charge in [-0.15, -0.1) is 0 Å². The van der Waals surface area contributed by atoms with E-state index >= 15 is 0 Å². The van der Waals surface area contributed by atoms with E-state index < -0.39 is 23.3 Å². The molecule has 0 unspecified atom stereocenters. The molecule has 0 aliphatic heterocycles. The molecule has 2 amide bonds. The second-order valence-electron chi connectivity index (χ2n) is 6.14. The smallest absolute Gasteiger partial charge is 0.310 e. The standard InChI is InChI=1S/C20H15ClN4O6S/c21-13-7-5-12(6-8-13)15-9-10-17(31-15)19(27)22-20(32)24-23-18(26)11-30-16-4-2-1-3-14(16)25(28)29/h1-10H,11H2,(H,23,26)(H2,22,24,27,32). The van der Waals surface area contributed by atoms with Gasteiger partial charge < -0.3 is 9.15 Å². The summed E-state index contributed by atoms with van der Waals surface area (Å²) in [5, 5.41) is 13.7. The van der Waals surface area contributed by atoms with Gasteiger partial charge in [0.25, 0.3) is 11.8 Å². The Kier molecular flexibility index (Phi) is 7.37. The molecule has 3 rings (SSSR count). The number of thiocarbonyl (C=S) groups is 1. The summed E-state index contributed by atoms with van der Waals surface area (Å²) < 4.78 is 10.7. The number of carbonyl (C=O) groups is 2. The number of para-hydroxylation sites is 2. The van der Waals surface area contributed by atoms with Crippen LogP contribution in [-0.2, 0) is 4.79 Å². The van der Waals surface area contributed by atoms with Gasteiger partial charge in [0.05, 0.1) is 4.92 Å². The van der Waals surface area contributed by atoms with Crippen molar-refractivity contribution in [3.05, 3.63) is 81.6 Å². The summed E-state index contributed by atoms with van der Waals surface area (Å²) in [7, 11) is 0. The number of rotatable bonds is 6. The molecule has 3 N–H and O–H groups in total. The van der Waals surface area contributed by atoms with E-state index in [2.05, 4.69) is 16.2 Å². The van der Waals surface area contributed by atoms with Gasteiger partial charge >= 0.3 is 5.69 Å². The molecule has 0 aliphatic carbocycles. The Morgan fingerprint density at radius 2 is 1.78 bits per heavy atom. The van der Waals surface area contributed by atoms with Crippen LogP contribution in [0.15, 0.2) is 65.1 Å². The van der Waals surface area contributed by atoms with Crippen LogP contribution in [0.1, 0.15) is 10.6 Å². The molecular weight excluding hydrogens is 460 g/mol. The maximum Gasteiger partial charge on any atom is 0.310 e. The van der Waals surface area contributed by atoms with E-state index in [0.29, 0.717) is 10.8 Å². The van der Waals surface area contributed by atoms with Crippen LogP contribution in [0, 0.1) is 10.1 Å². The zero-order valence-electron chi connectivity index (χ0n) is 16.2. The Bertz CT molecular complexity index is 1160. The van der Waals surface area contributed by atoms with Gasteiger partial charge in [-0.3, -0.25) is 35.9 Å². The van der Waals surface area contributed by atoms with Crippen molar-refractivity contribution in [3.63, 3.8) is 0 Å². The topological polar surface area (TPSA) is 136 Å². The van der Waals surface area contributed by atoms with E-state index in [1.807, 2.05) is 0 Å². The molecule has 0 atom stereocenters. The van der Waals surface area contributed by atoms with Crippen LogP contribution in [0.3, 0.4) is 0 Å². The number of halogens is 1. The largest absolute Gasteiger partial charge is 0.477 e. The van der Waals surface area contributed by atoms with Crippen molar-refractivity contribution in [3.8, 4) is 17.1 Å². The maximum absolute atomic E-state index is 12.3. The maximum atomic E-state index is 12.3. The van der Waals surface area contributed by atoms with Gasteiger partial charge in [-0.2, -0.15) is 0 Å². The number of amides is 2. The predicted octanol–water partition coefficient (Wildman–Crippen LogP) is 3.22. The van der Waals surface area contributed by atoms with Crippen molar-refractivity contribution < 1.29 is 23.7 Å². The lowest BCUT2D eigenvalue weighted by Gasteiger charge is -2.11. The number of nitrogens with zero attached hydrogens (tertiary/aromatic N) is 1. The summed E-state index contributed by atoms with van der Waals surface area (Å²) in [4.78, 5) is 34.4. The summed E-state index contributed by atoms with van der Waals surface area (Å²) in [6.07, 6.45) is 0. The second kappa shape index (κ2) is 10.4. The number of hydrazine groups is 1. The average Bonchev–Trinajstić information content (AvgIpc) is 3.27. The van der Waals surface area contributed by atoms with Gasteiger partial charge in [0, 0.05) is 16.7 Å². The molecule has 3 aromatic rings. The monoisotopic (exact) mass is 474 g/mol. The van der Waals surface area contributed by atoms with Gasteiger partial charge in [-0.25, -0.2) is 0 Å². The van der Waals surface area contributed by atoms with Crippen LogP contribution in [0.4, 0.5) is 5.69 Å². The van der Waals surface area contributed by atoms with E-state index in [0.717, 1.165) is 5.56 Å². The molecule has 164 valence electrons. The highest BCUT2D eigenvalue weighted by molar-refractivity contribution is 7.80. The van der Waals surface area contributed by atoms with Crippen molar-refractivity contribution >= 4 is 46.4 Å². The third-order valence-electron chi connectivity index (χ3n) is 3.92. The van der Waals surface area contributed by atoms with Crippen molar-refractivity contribution in [1.82, 2.24) is 16.2 Å². The first-order valence-corrected chi connectivity index (χ1v) is 9.74. The quantitative estimate of drug-likeness (QED) is 0.281. The molecule has 0 spiro atoms. The number of hydrogen-bond acceptors (Lipinski definition) is 7. The Balaban J connectivity index is 1.46. The van der Waals surface area contributed by atoms with Crippen molar-refractivity contribution in [1.29, 1.82) is 0 Å². The average molecular weight is 475 g/mol. The lowest BCUT2D eigenvalue weighted by atomic mass is 10.2.